The zero-order chi connectivity index (χ0) is 19.0. The standard InChI is InChI=1S/C21H31NO4/c1-2-3-4-5-6-7-8-9-10-11-18-26-21(23)17-14-19-12-15-20(16-13-19)22(24)25/h12-17H,2-11,18H2,1H3/b17-14+. The van der Waals surface area contributed by atoms with Gasteiger partial charge >= 0.3 is 5.97 Å². The van der Waals surface area contributed by atoms with Crippen LogP contribution in [0.25, 0.3) is 6.08 Å². The summed E-state index contributed by atoms with van der Waals surface area (Å²) in [7, 11) is 0. The summed E-state index contributed by atoms with van der Waals surface area (Å²) in [6.45, 7) is 2.68. The molecule has 0 unspecified atom stereocenters. The Morgan fingerprint density at radius 1 is 0.962 bits per heavy atom. The minimum Gasteiger partial charge on any atom is -0.463 e. The number of nitro groups is 1. The van der Waals surface area contributed by atoms with Gasteiger partial charge in [-0.15, -0.1) is 0 Å². The first kappa shape index (κ1) is 21.9. The maximum absolute atomic E-state index is 11.6. The molecular weight excluding hydrogens is 330 g/mol. The Morgan fingerprint density at radius 3 is 2.04 bits per heavy atom. The third-order valence-electron chi connectivity index (χ3n) is 4.26. The molecule has 0 heterocycles. The van der Waals surface area contributed by atoms with Gasteiger partial charge in [0.15, 0.2) is 0 Å². The maximum atomic E-state index is 11.6. The minimum atomic E-state index is -0.450. The zero-order valence-corrected chi connectivity index (χ0v) is 15.8. The van der Waals surface area contributed by atoms with Gasteiger partial charge in [-0.2, -0.15) is 0 Å². The Bertz CT molecular complexity index is 552. The van der Waals surface area contributed by atoms with Gasteiger partial charge in [-0.1, -0.05) is 64.7 Å². The average molecular weight is 361 g/mol. The van der Waals surface area contributed by atoms with Crippen LogP contribution in [0.5, 0.6) is 0 Å². The third kappa shape index (κ3) is 10.6. The monoisotopic (exact) mass is 361 g/mol. The van der Waals surface area contributed by atoms with Crippen molar-refractivity contribution in [3.05, 3.63) is 46.0 Å². The van der Waals surface area contributed by atoms with E-state index in [1.807, 2.05) is 0 Å². The number of esters is 1. The van der Waals surface area contributed by atoms with Crippen LogP contribution in [-0.4, -0.2) is 17.5 Å². The molecule has 0 saturated heterocycles. The first-order chi connectivity index (χ1) is 12.6. The van der Waals surface area contributed by atoms with E-state index in [1.165, 1.54) is 69.6 Å². The number of benzene rings is 1. The van der Waals surface area contributed by atoms with Crippen molar-refractivity contribution in [1.82, 2.24) is 0 Å². The molecule has 0 atom stereocenters. The summed E-state index contributed by atoms with van der Waals surface area (Å²) in [6.07, 6.45) is 15.4. The van der Waals surface area contributed by atoms with Gasteiger partial charge in [0.25, 0.3) is 5.69 Å². The molecule has 0 aliphatic heterocycles. The van der Waals surface area contributed by atoms with E-state index in [9.17, 15) is 14.9 Å². The van der Waals surface area contributed by atoms with Crippen molar-refractivity contribution in [1.29, 1.82) is 0 Å². The highest BCUT2D eigenvalue weighted by molar-refractivity contribution is 5.87. The fourth-order valence-electron chi connectivity index (χ4n) is 2.68. The van der Waals surface area contributed by atoms with Gasteiger partial charge < -0.3 is 4.74 Å². The number of rotatable bonds is 14. The lowest BCUT2D eigenvalue weighted by atomic mass is 10.1. The molecule has 1 aromatic carbocycles. The first-order valence-corrected chi connectivity index (χ1v) is 9.72. The number of unbranched alkanes of at least 4 members (excludes halogenated alkanes) is 9. The summed E-state index contributed by atoms with van der Waals surface area (Å²) in [4.78, 5) is 21.8. The molecule has 0 aliphatic carbocycles. The number of nitrogens with zero attached hydrogens (tertiary/aromatic N) is 1. The molecule has 0 bridgehead atoms. The van der Waals surface area contributed by atoms with Crippen LogP contribution < -0.4 is 0 Å². The van der Waals surface area contributed by atoms with Gasteiger partial charge in [-0.25, -0.2) is 4.79 Å². The predicted octanol–water partition coefficient (Wildman–Crippen LogP) is 6.07. The van der Waals surface area contributed by atoms with Crippen LogP contribution in [0.1, 0.15) is 76.7 Å². The predicted molar refractivity (Wildman–Crippen MR) is 105 cm³/mol. The lowest BCUT2D eigenvalue weighted by Gasteiger charge is -2.03. The summed E-state index contributed by atoms with van der Waals surface area (Å²) in [5.41, 5.74) is 0.761. The Balaban J connectivity index is 2.03. The van der Waals surface area contributed by atoms with E-state index in [-0.39, 0.29) is 11.7 Å². The van der Waals surface area contributed by atoms with Crippen molar-refractivity contribution >= 4 is 17.7 Å². The van der Waals surface area contributed by atoms with Crippen molar-refractivity contribution < 1.29 is 14.5 Å². The van der Waals surface area contributed by atoms with Crippen molar-refractivity contribution in [3.8, 4) is 0 Å². The lowest BCUT2D eigenvalue weighted by Crippen LogP contribution is -2.02. The molecule has 0 radical (unpaired) electrons. The molecule has 0 N–H and O–H groups in total. The van der Waals surface area contributed by atoms with Gasteiger partial charge in [0.2, 0.25) is 0 Å². The molecule has 0 saturated carbocycles. The Labute approximate surface area is 156 Å². The normalized spacial score (nSPS) is 11.0. The summed E-state index contributed by atoms with van der Waals surface area (Å²) < 4.78 is 5.16. The summed E-state index contributed by atoms with van der Waals surface area (Å²) >= 11 is 0. The molecule has 0 fully saturated rings. The number of non-ortho nitro benzene ring substituents is 1. The highest BCUT2D eigenvalue weighted by Crippen LogP contribution is 2.13. The van der Waals surface area contributed by atoms with Crippen molar-refractivity contribution in [2.45, 2.75) is 71.1 Å². The van der Waals surface area contributed by atoms with Crippen LogP contribution >= 0.6 is 0 Å². The first-order valence-electron chi connectivity index (χ1n) is 9.72. The number of ether oxygens (including phenoxy) is 1. The van der Waals surface area contributed by atoms with E-state index >= 15 is 0 Å². The summed E-state index contributed by atoms with van der Waals surface area (Å²) in [5.74, 6) is -0.376. The minimum absolute atomic E-state index is 0.0330. The number of hydrogen-bond acceptors (Lipinski definition) is 4. The maximum Gasteiger partial charge on any atom is 0.330 e. The average Bonchev–Trinajstić information content (AvgIpc) is 2.64. The second-order valence-corrected chi connectivity index (χ2v) is 6.53. The van der Waals surface area contributed by atoms with Crippen molar-refractivity contribution in [2.75, 3.05) is 6.61 Å². The van der Waals surface area contributed by atoms with Crippen molar-refractivity contribution in [2.24, 2.45) is 0 Å². The molecular formula is C21H31NO4. The van der Waals surface area contributed by atoms with Crippen LogP contribution in [0.2, 0.25) is 0 Å². The van der Waals surface area contributed by atoms with Gasteiger partial charge in [-0.05, 0) is 30.2 Å². The van der Waals surface area contributed by atoms with Crippen LogP contribution in [0.3, 0.4) is 0 Å². The largest absolute Gasteiger partial charge is 0.463 e. The van der Waals surface area contributed by atoms with E-state index in [4.69, 9.17) is 4.74 Å². The number of carbonyl (C=O) groups is 1. The Morgan fingerprint density at radius 2 is 1.50 bits per heavy atom. The number of carbonyl (C=O) groups excluding carboxylic acids is 1. The van der Waals surface area contributed by atoms with E-state index in [0.29, 0.717) is 6.61 Å². The molecule has 26 heavy (non-hydrogen) atoms. The van der Waals surface area contributed by atoms with Gasteiger partial charge in [0, 0.05) is 18.2 Å². The van der Waals surface area contributed by atoms with Crippen LogP contribution in [0, 0.1) is 10.1 Å². The topological polar surface area (TPSA) is 69.4 Å². The van der Waals surface area contributed by atoms with E-state index in [0.717, 1.165) is 18.4 Å². The molecule has 0 spiro atoms. The van der Waals surface area contributed by atoms with Gasteiger partial charge in [0.05, 0.1) is 11.5 Å². The zero-order valence-electron chi connectivity index (χ0n) is 15.8. The highest BCUT2D eigenvalue weighted by atomic mass is 16.6. The fourth-order valence-corrected chi connectivity index (χ4v) is 2.68. The summed E-state index contributed by atoms with van der Waals surface area (Å²) in [5, 5.41) is 10.6. The van der Waals surface area contributed by atoms with Gasteiger partial charge in [-0.3, -0.25) is 10.1 Å². The van der Waals surface area contributed by atoms with Crippen LogP contribution in [0.15, 0.2) is 30.3 Å². The number of hydrogen-bond donors (Lipinski definition) is 0. The third-order valence-corrected chi connectivity index (χ3v) is 4.26. The second kappa shape index (κ2) is 14.0. The lowest BCUT2D eigenvalue weighted by molar-refractivity contribution is -0.384. The fraction of sp³-hybridized carbons (Fsp3) is 0.571. The SMILES string of the molecule is CCCCCCCCCCCCOC(=O)/C=C/c1ccc([N+](=O)[O-])cc1. The van der Waals surface area contributed by atoms with Crippen LogP contribution in [-0.2, 0) is 9.53 Å². The highest BCUT2D eigenvalue weighted by Gasteiger charge is 2.03. The van der Waals surface area contributed by atoms with E-state index in [1.54, 1.807) is 18.2 Å². The van der Waals surface area contributed by atoms with Crippen LogP contribution in [0.4, 0.5) is 5.69 Å². The molecule has 0 amide bonds. The van der Waals surface area contributed by atoms with E-state index in [2.05, 4.69) is 6.92 Å². The summed E-state index contributed by atoms with van der Waals surface area (Å²) in [6, 6.07) is 6.03. The Hall–Kier alpha value is -2.17. The molecule has 1 aromatic rings. The molecule has 5 nitrogen and oxygen atoms in total. The van der Waals surface area contributed by atoms with Gasteiger partial charge in [0.1, 0.15) is 0 Å². The number of nitro benzene ring substituents is 1. The molecule has 144 valence electrons. The molecule has 0 aromatic heterocycles. The molecule has 0 aliphatic rings. The van der Waals surface area contributed by atoms with Crippen molar-refractivity contribution in [3.63, 3.8) is 0 Å². The molecule has 1 rings (SSSR count). The second-order valence-electron chi connectivity index (χ2n) is 6.53. The van der Waals surface area contributed by atoms with E-state index < -0.39 is 4.92 Å². The smallest absolute Gasteiger partial charge is 0.330 e. The Kier molecular flexibility index (Phi) is 11.8. The molecule has 5 heteroatoms. The quantitative estimate of drug-likeness (QED) is 0.132.